The lowest BCUT2D eigenvalue weighted by Gasteiger charge is -2.33. The number of piperidine rings is 1. The molecule has 29 heavy (non-hydrogen) atoms. The molecule has 0 saturated carbocycles. The van der Waals surface area contributed by atoms with Gasteiger partial charge in [0.15, 0.2) is 5.96 Å². The molecule has 0 amide bonds. The average Bonchev–Trinajstić information content (AvgIpc) is 3.00. The first-order valence-corrected chi connectivity index (χ1v) is 11.1. The number of hydrogen-bond donors (Lipinski definition) is 2. The van der Waals surface area contributed by atoms with Crippen LogP contribution >= 0.6 is 35.3 Å². The number of hydrogen-bond acceptors (Lipinski definition) is 4. The van der Waals surface area contributed by atoms with Gasteiger partial charge in [-0.15, -0.1) is 35.3 Å². The van der Waals surface area contributed by atoms with Crippen LogP contribution in [0.3, 0.4) is 0 Å². The zero-order valence-corrected chi connectivity index (χ0v) is 21.1. The molecule has 2 N–H and O–H groups in total. The first-order chi connectivity index (χ1) is 13.5. The molecule has 160 valence electrons. The van der Waals surface area contributed by atoms with Gasteiger partial charge in [0, 0.05) is 37.1 Å². The Balaban J connectivity index is 0.00000300. The van der Waals surface area contributed by atoms with Crippen LogP contribution in [0, 0.1) is 20.8 Å². The molecule has 0 spiro atoms. The summed E-state index contributed by atoms with van der Waals surface area (Å²) < 4.78 is 0. The van der Waals surface area contributed by atoms with E-state index in [0.717, 1.165) is 55.7 Å². The van der Waals surface area contributed by atoms with Crippen LogP contribution in [0.2, 0.25) is 0 Å². The second-order valence-electron chi connectivity index (χ2n) is 7.56. The molecule has 0 radical (unpaired) electrons. The van der Waals surface area contributed by atoms with E-state index in [-0.39, 0.29) is 24.0 Å². The van der Waals surface area contributed by atoms with E-state index in [1.54, 1.807) is 11.3 Å². The highest BCUT2D eigenvalue weighted by Gasteiger charge is 2.20. The summed E-state index contributed by atoms with van der Waals surface area (Å²) in [6, 6.07) is 9.19. The SMILES string of the molecule is CCNC(=NCc1sc(C)nc1C)NC1CCN(Cc2ccccc2C)CC1.I. The van der Waals surface area contributed by atoms with Crippen molar-refractivity contribution in [2.45, 2.75) is 59.7 Å². The van der Waals surface area contributed by atoms with E-state index < -0.39 is 0 Å². The average molecular weight is 528 g/mol. The highest BCUT2D eigenvalue weighted by molar-refractivity contribution is 14.0. The van der Waals surface area contributed by atoms with Crippen molar-refractivity contribution in [3.63, 3.8) is 0 Å². The molecule has 1 fully saturated rings. The summed E-state index contributed by atoms with van der Waals surface area (Å²) in [5, 5.41) is 8.15. The molecule has 1 aromatic heterocycles. The zero-order valence-electron chi connectivity index (χ0n) is 18.0. The van der Waals surface area contributed by atoms with Gasteiger partial charge in [-0.3, -0.25) is 4.90 Å². The summed E-state index contributed by atoms with van der Waals surface area (Å²) in [7, 11) is 0. The normalized spacial score (nSPS) is 15.8. The number of aliphatic imine (C=N–C) groups is 1. The number of halogens is 1. The summed E-state index contributed by atoms with van der Waals surface area (Å²) >= 11 is 1.74. The zero-order chi connectivity index (χ0) is 19.9. The first kappa shape index (κ1) is 24.1. The number of guanidine groups is 1. The Morgan fingerprint density at radius 1 is 1.21 bits per heavy atom. The molecule has 1 saturated heterocycles. The summed E-state index contributed by atoms with van der Waals surface area (Å²) in [4.78, 5) is 13.1. The molecular formula is C22H34IN5S. The van der Waals surface area contributed by atoms with Crippen LogP contribution in [0.4, 0.5) is 0 Å². The lowest BCUT2D eigenvalue weighted by atomic mass is 10.0. The molecule has 1 aliphatic heterocycles. The third kappa shape index (κ3) is 7.22. The summed E-state index contributed by atoms with van der Waals surface area (Å²) in [5.41, 5.74) is 3.93. The molecule has 1 aliphatic rings. The molecule has 0 atom stereocenters. The molecule has 2 aromatic rings. The van der Waals surface area contributed by atoms with Crippen LogP contribution in [-0.2, 0) is 13.1 Å². The second-order valence-corrected chi connectivity index (χ2v) is 8.85. The van der Waals surface area contributed by atoms with Gasteiger partial charge in [0.2, 0.25) is 0 Å². The van der Waals surface area contributed by atoms with Crippen molar-refractivity contribution in [2.75, 3.05) is 19.6 Å². The van der Waals surface area contributed by atoms with Crippen molar-refractivity contribution in [1.29, 1.82) is 0 Å². The monoisotopic (exact) mass is 527 g/mol. The summed E-state index contributed by atoms with van der Waals surface area (Å²) in [6.45, 7) is 13.3. The van der Waals surface area contributed by atoms with Crippen molar-refractivity contribution in [2.24, 2.45) is 4.99 Å². The Hall–Kier alpha value is -1.19. The van der Waals surface area contributed by atoms with Gasteiger partial charge < -0.3 is 10.6 Å². The molecule has 5 nitrogen and oxygen atoms in total. The maximum Gasteiger partial charge on any atom is 0.191 e. The van der Waals surface area contributed by atoms with Crippen LogP contribution in [0.15, 0.2) is 29.3 Å². The predicted molar refractivity (Wildman–Crippen MR) is 134 cm³/mol. The van der Waals surface area contributed by atoms with Crippen molar-refractivity contribution in [1.82, 2.24) is 20.5 Å². The van der Waals surface area contributed by atoms with Crippen LogP contribution < -0.4 is 10.6 Å². The van der Waals surface area contributed by atoms with E-state index in [1.165, 1.54) is 16.0 Å². The van der Waals surface area contributed by atoms with Gasteiger partial charge in [-0.1, -0.05) is 24.3 Å². The number of nitrogens with one attached hydrogen (secondary N) is 2. The van der Waals surface area contributed by atoms with E-state index in [9.17, 15) is 0 Å². The minimum absolute atomic E-state index is 0. The molecular weight excluding hydrogens is 493 g/mol. The standard InChI is InChI=1S/C22H33N5S.HI/c1-5-23-22(24-14-21-17(3)25-18(4)28-21)26-20-10-12-27(13-11-20)15-19-9-7-6-8-16(19)2;/h6-9,20H,5,10-15H2,1-4H3,(H2,23,24,26);1H. The minimum atomic E-state index is 0. The summed E-state index contributed by atoms with van der Waals surface area (Å²) in [5.74, 6) is 0.922. The fourth-order valence-corrected chi connectivity index (χ4v) is 4.51. The minimum Gasteiger partial charge on any atom is -0.357 e. The van der Waals surface area contributed by atoms with E-state index in [1.807, 2.05) is 0 Å². The first-order valence-electron chi connectivity index (χ1n) is 10.3. The Morgan fingerprint density at radius 2 is 1.93 bits per heavy atom. The lowest BCUT2D eigenvalue weighted by Crippen LogP contribution is -2.48. The highest BCUT2D eigenvalue weighted by atomic mass is 127. The van der Waals surface area contributed by atoms with Crippen LogP contribution in [0.1, 0.15) is 46.5 Å². The van der Waals surface area contributed by atoms with Crippen molar-refractivity contribution >= 4 is 41.3 Å². The van der Waals surface area contributed by atoms with Gasteiger partial charge >= 0.3 is 0 Å². The fraction of sp³-hybridized carbons (Fsp3) is 0.545. The number of benzene rings is 1. The Labute approximate surface area is 196 Å². The quantitative estimate of drug-likeness (QED) is 0.332. The number of aryl methyl sites for hydroxylation is 3. The third-order valence-electron chi connectivity index (χ3n) is 5.31. The smallest absolute Gasteiger partial charge is 0.191 e. The molecule has 0 aliphatic carbocycles. The molecule has 0 unspecified atom stereocenters. The Bertz CT molecular complexity index is 796. The molecule has 2 heterocycles. The Morgan fingerprint density at radius 3 is 2.55 bits per heavy atom. The van der Waals surface area contributed by atoms with Gasteiger partial charge in [0.1, 0.15) is 0 Å². The van der Waals surface area contributed by atoms with Gasteiger partial charge in [-0.2, -0.15) is 0 Å². The van der Waals surface area contributed by atoms with Crippen molar-refractivity contribution < 1.29 is 0 Å². The number of rotatable bonds is 6. The van der Waals surface area contributed by atoms with Gasteiger partial charge in [-0.25, -0.2) is 9.98 Å². The predicted octanol–water partition coefficient (Wildman–Crippen LogP) is 4.41. The lowest BCUT2D eigenvalue weighted by molar-refractivity contribution is 0.198. The maximum atomic E-state index is 4.80. The number of likely N-dealkylation sites (tertiary alicyclic amines) is 1. The molecule has 0 bridgehead atoms. The van der Waals surface area contributed by atoms with Crippen molar-refractivity contribution in [3.05, 3.63) is 51.0 Å². The number of aromatic nitrogens is 1. The van der Waals surface area contributed by atoms with E-state index >= 15 is 0 Å². The summed E-state index contributed by atoms with van der Waals surface area (Å²) in [6.07, 6.45) is 2.30. The van der Waals surface area contributed by atoms with Crippen LogP contribution in [0.25, 0.3) is 0 Å². The molecule has 3 rings (SSSR count). The number of nitrogens with zero attached hydrogens (tertiary/aromatic N) is 3. The van der Waals surface area contributed by atoms with E-state index in [2.05, 4.69) is 72.5 Å². The largest absolute Gasteiger partial charge is 0.357 e. The molecule has 7 heteroatoms. The number of thiazole rings is 1. The Kier molecular flexibility index (Phi) is 9.85. The fourth-order valence-electron chi connectivity index (χ4n) is 3.65. The van der Waals surface area contributed by atoms with Crippen LogP contribution in [0.5, 0.6) is 0 Å². The van der Waals surface area contributed by atoms with Crippen molar-refractivity contribution in [3.8, 4) is 0 Å². The van der Waals surface area contributed by atoms with Gasteiger partial charge in [0.25, 0.3) is 0 Å². The van der Waals surface area contributed by atoms with Gasteiger partial charge in [-0.05, 0) is 51.7 Å². The van der Waals surface area contributed by atoms with Crippen LogP contribution in [-0.4, -0.2) is 41.5 Å². The second kappa shape index (κ2) is 11.9. The topological polar surface area (TPSA) is 52.6 Å². The highest BCUT2D eigenvalue weighted by Crippen LogP contribution is 2.18. The molecule has 1 aromatic carbocycles. The van der Waals surface area contributed by atoms with Gasteiger partial charge in [0.05, 0.1) is 17.2 Å². The van der Waals surface area contributed by atoms with E-state index in [4.69, 9.17) is 4.99 Å². The maximum absolute atomic E-state index is 4.80. The third-order valence-corrected chi connectivity index (χ3v) is 6.37. The van der Waals surface area contributed by atoms with E-state index in [0.29, 0.717) is 12.6 Å².